The van der Waals surface area contributed by atoms with Crippen molar-refractivity contribution in [2.75, 3.05) is 0 Å². The average molecular weight is 440 g/mol. The lowest BCUT2D eigenvalue weighted by Crippen LogP contribution is -2.17. The summed E-state index contributed by atoms with van der Waals surface area (Å²) >= 11 is 0. The number of ketones is 1. The fourth-order valence-electron chi connectivity index (χ4n) is 5.33. The molecule has 2 aliphatic rings. The van der Waals surface area contributed by atoms with Gasteiger partial charge in [0.2, 0.25) is 0 Å². The van der Waals surface area contributed by atoms with Crippen LogP contribution in [0.25, 0.3) is 6.08 Å². The van der Waals surface area contributed by atoms with Gasteiger partial charge in [0.25, 0.3) is 0 Å². The molecule has 172 valence electrons. The highest BCUT2D eigenvalue weighted by molar-refractivity contribution is 6.02. The van der Waals surface area contributed by atoms with Gasteiger partial charge in [0.05, 0.1) is 5.92 Å². The number of hydrogen-bond donors (Lipinski definition) is 0. The maximum Gasteiger partial charge on any atom is 0.163 e. The third kappa shape index (κ3) is 5.33. The summed E-state index contributed by atoms with van der Waals surface area (Å²) in [7, 11) is 0. The molecule has 0 aliphatic heterocycles. The molecule has 1 atom stereocenters. The number of benzene rings is 2. The molecule has 2 aromatic carbocycles. The minimum atomic E-state index is -0.117. The third-order valence-electron chi connectivity index (χ3n) is 7.36. The molecule has 1 aromatic heterocycles. The van der Waals surface area contributed by atoms with E-state index in [1.165, 1.54) is 42.4 Å². The van der Waals surface area contributed by atoms with Gasteiger partial charge in [-0.25, -0.2) is 0 Å². The van der Waals surface area contributed by atoms with Crippen LogP contribution in [0.5, 0.6) is 0 Å². The second kappa shape index (κ2) is 10.3. The number of fused-ring (bicyclic) bond motifs is 1. The largest absolute Gasteiger partial charge is 0.294 e. The molecule has 2 heteroatoms. The van der Waals surface area contributed by atoms with Gasteiger partial charge in [-0.1, -0.05) is 75.7 Å². The van der Waals surface area contributed by atoms with Crippen LogP contribution in [0.1, 0.15) is 86.7 Å². The highest BCUT2D eigenvalue weighted by Crippen LogP contribution is 2.36. The topological polar surface area (TPSA) is 30.0 Å². The van der Waals surface area contributed by atoms with Crippen LogP contribution in [0, 0.1) is 5.92 Å². The quantitative estimate of drug-likeness (QED) is 0.406. The monoisotopic (exact) mass is 439 g/mol. The van der Waals surface area contributed by atoms with E-state index in [4.69, 9.17) is 0 Å². The Hall–Kier alpha value is -3.00. The van der Waals surface area contributed by atoms with E-state index in [1.54, 1.807) is 18.5 Å². The summed E-state index contributed by atoms with van der Waals surface area (Å²) in [6.45, 7) is 2.38. The molecule has 5 rings (SSSR count). The molecule has 0 spiro atoms. The summed E-state index contributed by atoms with van der Waals surface area (Å²) in [5, 5.41) is 0. The van der Waals surface area contributed by atoms with E-state index in [2.05, 4.69) is 54.4 Å². The van der Waals surface area contributed by atoms with Gasteiger partial charge < -0.3 is 0 Å². The first-order valence-electron chi connectivity index (χ1n) is 12.0. The van der Waals surface area contributed by atoms with Crippen LogP contribution >= 0.6 is 0 Å². The molecule has 0 saturated heterocycles. The van der Waals surface area contributed by atoms with Gasteiger partial charge in [-0.3, -0.25) is 9.78 Å². The number of hydrogen-bond acceptors (Lipinski definition) is 2. The van der Waals surface area contributed by atoms with Crippen LogP contribution in [-0.2, 0) is 17.6 Å². The molecule has 2 nitrogen and oxygen atoms in total. The van der Waals surface area contributed by atoms with Gasteiger partial charge in [0, 0.05) is 13.8 Å². The first-order valence-corrected chi connectivity index (χ1v) is 12.0. The van der Waals surface area contributed by atoms with E-state index >= 15 is 0 Å². The van der Waals surface area contributed by atoms with Gasteiger partial charge in [0.1, 0.15) is 0 Å². The van der Waals surface area contributed by atoms with Gasteiger partial charge in [0.15, 0.2) is 5.78 Å². The Kier molecular flexibility index (Phi) is 7.23. The van der Waals surface area contributed by atoms with Crippen molar-refractivity contribution in [3.63, 3.8) is 0 Å². The maximum absolute atomic E-state index is 12.7. The number of carbonyl (C=O) groups excluding carboxylic acids is 1. The van der Waals surface area contributed by atoms with Crippen molar-refractivity contribution in [3.05, 3.63) is 106 Å². The molecule has 1 heterocycles. The van der Waals surface area contributed by atoms with Crippen molar-refractivity contribution in [2.24, 2.45) is 5.92 Å². The highest BCUT2D eigenvalue weighted by Gasteiger charge is 2.25. The summed E-state index contributed by atoms with van der Waals surface area (Å²) in [6.07, 6.45) is 14.3. The van der Waals surface area contributed by atoms with E-state index < -0.39 is 0 Å². The zero-order valence-electron chi connectivity index (χ0n) is 18.8. The maximum atomic E-state index is 12.7. The Morgan fingerprint density at radius 3 is 2.27 bits per heavy atom. The molecule has 0 radical (unpaired) electrons. The van der Waals surface area contributed by atoms with Crippen molar-refractivity contribution in [3.8, 4) is 0 Å². The standard InChI is InChI=1S/C30H31NO.CH4.H2/c1-21-2-7-25(8-3-21)26-9-4-22(5-10-26)18-24-6-11-27-12-13-30(32)29(28(27)20-24)19-23-14-16-31-17-15-23;;/h4-6,9-17,20-21,25,29H,2-3,7-8,18-19H2,1H3;1H4;1H. The first kappa shape index (κ1) is 23.2. The molecule has 1 unspecified atom stereocenters. The van der Waals surface area contributed by atoms with Crippen molar-refractivity contribution in [1.29, 1.82) is 0 Å². The smallest absolute Gasteiger partial charge is 0.163 e. The zero-order chi connectivity index (χ0) is 21.9. The van der Waals surface area contributed by atoms with Crippen LogP contribution in [0.15, 0.2) is 73.1 Å². The molecule has 1 saturated carbocycles. The molecule has 2 aliphatic carbocycles. The number of carbonyl (C=O) groups is 1. The molecule has 3 aromatic rings. The fraction of sp³-hybridized carbons (Fsp3) is 0.355. The number of nitrogens with zero attached hydrogens (tertiary/aromatic N) is 1. The summed E-state index contributed by atoms with van der Waals surface area (Å²) in [4.78, 5) is 16.8. The Labute approximate surface area is 200 Å². The highest BCUT2D eigenvalue weighted by atomic mass is 16.1. The molecular weight excluding hydrogens is 402 g/mol. The Balaban J connectivity index is 0.00000162. The van der Waals surface area contributed by atoms with E-state index in [0.717, 1.165) is 41.4 Å². The van der Waals surface area contributed by atoms with Crippen LogP contribution in [0.2, 0.25) is 0 Å². The molecular formula is C31H37NO. The average Bonchev–Trinajstić information content (AvgIpc) is 2.83. The Morgan fingerprint density at radius 1 is 0.848 bits per heavy atom. The minimum Gasteiger partial charge on any atom is -0.294 e. The van der Waals surface area contributed by atoms with E-state index in [0.29, 0.717) is 0 Å². The normalized spacial score (nSPS) is 21.8. The van der Waals surface area contributed by atoms with Crippen molar-refractivity contribution in [2.45, 2.75) is 64.7 Å². The van der Waals surface area contributed by atoms with Crippen LogP contribution in [0.4, 0.5) is 0 Å². The number of pyridine rings is 1. The van der Waals surface area contributed by atoms with Gasteiger partial charge in [-0.15, -0.1) is 0 Å². The fourth-order valence-corrected chi connectivity index (χ4v) is 5.33. The SMILES string of the molecule is C.CC1CCC(c2ccc(Cc3ccc4c(c3)C(Cc3ccncc3)C(=O)C=C4)cc2)CC1.[HH]. The first-order chi connectivity index (χ1) is 15.7. The Bertz CT molecular complexity index is 1110. The molecule has 0 amide bonds. The predicted octanol–water partition coefficient (Wildman–Crippen LogP) is 7.77. The molecule has 0 bridgehead atoms. The third-order valence-corrected chi connectivity index (χ3v) is 7.36. The van der Waals surface area contributed by atoms with Crippen molar-refractivity contribution < 1.29 is 6.22 Å². The van der Waals surface area contributed by atoms with E-state index in [9.17, 15) is 4.79 Å². The van der Waals surface area contributed by atoms with Gasteiger partial charge >= 0.3 is 0 Å². The van der Waals surface area contributed by atoms with Gasteiger partial charge in [-0.2, -0.15) is 0 Å². The second-order valence-electron chi connectivity index (χ2n) is 9.69. The molecule has 33 heavy (non-hydrogen) atoms. The molecule has 1 fully saturated rings. The van der Waals surface area contributed by atoms with Crippen molar-refractivity contribution >= 4 is 11.9 Å². The second-order valence-corrected chi connectivity index (χ2v) is 9.69. The van der Waals surface area contributed by atoms with E-state index in [1.807, 2.05) is 18.2 Å². The predicted molar refractivity (Wildman–Crippen MR) is 140 cm³/mol. The lowest BCUT2D eigenvalue weighted by atomic mass is 9.79. The number of rotatable bonds is 5. The summed E-state index contributed by atoms with van der Waals surface area (Å²) < 4.78 is 0. The van der Waals surface area contributed by atoms with Crippen molar-refractivity contribution in [1.82, 2.24) is 4.98 Å². The van der Waals surface area contributed by atoms with Crippen LogP contribution < -0.4 is 0 Å². The van der Waals surface area contributed by atoms with Crippen LogP contribution in [0.3, 0.4) is 0 Å². The van der Waals surface area contributed by atoms with E-state index in [-0.39, 0.29) is 20.6 Å². The zero-order valence-corrected chi connectivity index (χ0v) is 18.8. The Morgan fingerprint density at radius 2 is 1.55 bits per heavy atom. The van der Waals surface area contributed by atoms with Gasteiger partial charge in [-0.05, 0) is 89.1 Å². The minimum absolute atomic E-state index is 0. The van der Waals surface area contributed by atoms with Crippen LogP contribution in [-0.4, -0.2) is 10.8 Å². The summed E-state index contributed by atoms with van der Waals surface area (Å²) in [5.41, 5.74) is 7.57. The molecule has 0 N–H and O–H groups in total. The number of aromatic nitrogens is 1. The summed E-state index contributed by atoms with van der Waals surface area (Å²) in [6, 6.07) is 19.9. The number of allylic oxidation sites excluding steroid dienone is 1. The lowest BCUT2D eigenvalue weighted by Gasteiger charge is -2.26. The summed E-state index contributed by atoms with van der Waals surface area (Å²) in [5.74, 6) is 1.69. The lowest BCUT2D eigenvalue weighted by molar-refractivity contribution is -0.116.